The molecule has 0 heterocycles. The third-order valence-corrected chi connectivity index (χ3v) is 9.93. The minimum absolute atomic E-state index is 0. The summed E-state index contributed by atoms with van der Waals surface area (Å²) in [6.07, 6.45) is 7.41. The summed E-state index contributed by atoms with van der Waals surface area (Å²) in [5.74, 6) is 0. The number of nitrogens with zero attached hydrogens (tertiary/aromatic N) is 3. The van der Waals surface area contributed by atoms with Crippen LogP contribution in [-0.4, -0.2) is 191 Å². The molecule has 0 spiro atoms. The van der Waals surface area contributed by atoms with Crippen LogP contribution in [0.25, 0.3) is 0 Å². The van der Waals surface area contributed by atoms with E-state index in [-0.39, 0.29) is 130 Å². The molecule has 9 atom stereocenters. The molecule has 0 aromatic carbocycles. The van der Waals surface area contributed by atoms with Gasteiger partial charge in [0.2, 0.25) is 0 Å². The van der Waals surface area contributed by atoms with Crippen molar-refractivity contribution in [1.29, 1.82) is 0 Å². The Morgan fingerprint density at radius 1 is 0.235 bits per heavy atom. The maximum Gasteiger partial charge on any atom is 0.0587 e. The molecule has 15 heteroatoms. The summed E-state index contributed by atoms with van der Waals surface area (Å²) in [5, 5.41) is 84.3. The molecule has 0 amide bonds. The Labute approximate surface area is 310 Å². The average Bonchev–Trinajstić information content (AvgIpc) is 3.12. The van der Waals surface area contributed by atoms with Crippen molar-refractivity contribution in [3.63, 3.8) is 0 Å². The molecule has 9 unspecified atom stereocenters. The quantitative estimate of drug-likeness (QED) is 0.0505. The van der Waals surface area contributed by atoms with E-state index in [1.54, 1.807) is 0 Å². The second-order valence-corrected chi connectivity index (χ2v) is 12.5. The molecule has 0 radical (unpaired) electrons. The summed E-state index contributed by atoms with van der Waals surface area (Å²) >= 11 is 0. The summed E-state index contributed by atoms with van der Waals surface area (Å²) in [6, 6.07) is 0.202. The lowest BCUT2D eigenvalue weighted by atomic mass is 10.0. The van der Waals surface area contributed by atoms with Crippen LogP contribution < -0.4 is 0 Å². The molecule has 15 nitrogen and oxygen atoms in total. The van der Waals surface area contributed by atoms with E-state index in [1.165, 1.54) is 0 Å². The number of hydrogen-bond acceptors (Lipinski definition) is 12. The fourth-order valence-electron chi connectivity index (χ4n) is 6.59. The van der Waals surface area contributed by atoms with Crippen molar-refractivity contribution in [1.82, 2.24) is 14.7 Å². The molecule has 15 N–H and O–H groups in total. The topological polar surface area (TPSA) is 286 Å². The molecule has 0 aromatic rings. The van der Waals surface area contributed by atoms with Gasteiger partial charge in [0.05, 0.1) is 59.5 Å². The molecule has 0 bridgehead atoms. The summed E-state index contributed by atoms with van der Waals surface area (Å²) in [6.45, 7) is 18.8. The van der Waals surface area contributed by atoms with E-state index in [2.05, 4.69) is 14.7 Å². The monoisotopic (exact) mass is 754 g/mol. The predicted molar refractivity (Wildman–Crippen MR) is 207 cm³/mol. The van der Waals surface area contributed by atoms with E-state index in [9.17, 15) is 46.0 Å². The van der Waals surface area contributed by atoms with Crippen LogP contribution >= 0.6 is 0 Å². The van der Waals surface area contributed by atoms with E-state index in [1.807, 2.05) is 62.3 Å². The van der Waals surface area contributed by atoms with Crippen molar-refractivity contribution < 1.29 is 62.4 Å². The maximum atomic E-state index is 9.37. The lowest BCUT2D eigenvalue weighted by molar-refractivity contribution is -0.00692. The molecule has 0 fully saturated rings. The highest BCUT2D eigenvalue weighted by Crippen LogP contribution is 2.20. The van der Waals surface area contributed by atoms with Crippen molar-refractivity contribution in [2.24, 2.45) is 0 Å². The van der Waals surface area contributed by atoms with Gasteiger partial charge in [-0.15, -0.1) is 0 Å². The van der Waals surface area contributed by atoms with Gasteiger partial charge in [-0.3, -0.25) is 14.7 Å². The highest BCUT2D eigenvalue weighted by molar-refractivity contribution is 4.85. The van der Waals surface area contributed by atoms with Gasteiger partial charge in [0.15, 0.2) is 0 Å². The first kappa shape index (κ1) is 62.4. The Kier molecular flexibility index (Phi) is 49.6. The summed E-state index contributed by atoms with van der Waals surface area (Å²) in [7, 11) is 0. The molecule has 0 saturated carbocycles. The summed E-state index contributed by atoms with van der Waals surface area (Å²) in [4.78, 5) is 6.25. The van der Waals surface area contributed by atoms with Crippen LogP contribution in [0.4, 0.5) is 0 Å². The van der Waals surface area contributed by atoms with Crippen molar-refractivity contribution in [2.45, 2.75) is 174 Å². The van der Waals surface area contributed by atoms with E-state index >= 15 is 0 Å². The Balaban J connectivity index is -0.000000145. The molecule has 0 aliphatic carbocycles. The zero-order valence-corrected chi connectivity index (χ0v) is 33.8. The second kappa shape index (κ2) is 40.6. The molecule has 318 valence electrons. The van der Waals surface area contributed by atoms with Gasteiger partial charge in [0, 0.05) is 54.4 Å². The fraction of sp³-hybridized carbons (Fsp3) is 1.00. The van der Waals surface area contributed by atoms with Gasteiger partial charge in [-0.1, -0.05) is 62.3 Å². The first-order valence-electron chi connectivity index (χ1n) is 18.9. The van der Waals surface area contributed by atoms with Gasteiger partial charge in [-0.05, 0) is 57.8 Å². The largest absolute Gasteiger partial charge is 0.412 e. The van der Waals surface area contributed by atoms with Gasteiger partial charge >= 0.3 is 0 Å². The van der Waals surface area contributed by atoms with E-state index in [0.29, 0.717) is 0 Å². The van der Waals surface area contributed by atoms with Gasteiger partial charge in [0.1, 0.15) is 0 Å². The van der Waals surface area contributed by atoms with Crippen LogP contribution in [0, 0.1) is 0 Å². The second-order valence-electron chi connectivity index (χ2n) is 12.5. The number of aliphatic hydroxyl groups excluding tert-OH is 9. The molecule has 0 rings (SSSR count). The Morgan fingerprint density at radius 2 is 0.314 bits per heavy atom. The minimum atomic E-state index is 0. The predicted octanol–water partition coefficient (Wildman–Crippen LogP) is -0.671. The lowest BCUT2D eigenvalue weighted by Gasteiger charge is -2.40. The molecule has 51 heavy (non-hydrogen) atoms. The number of aliphatic hydroxyl groups is 9. The SMILES string of the molecule is CCC(CO)N(C(CC)CO)C(CC)CO.CCC(CO)N(C(CC)CO)C(CC)CO.CCC(CO)N(C(CC)CO)C(CC)CO.O.O.O. The Bertz CT molecular complexity index is 470. The van der Waals surface area contributed by atoms with Crippen molar-refractivity contribution in [2.75, 3.05) is 59.5 Å². The fourth-order valence-corrected chi connectivity index (χ4v) is 6.59. The van der Waals surface area contributed by atoms with Gasteiger partial charge in [-0.2, -0.15) is 0 Å². The highest BCUT2D eigenvalue weighted by atomic mass is 16.3. The van der Waals surface area contributed by atoms with Crippen LogP contribution in [0.15, 0.2) is 0 Å². The van der Waals surface area contributed by atoms with Gasteiger partial charge in [-0.25, -0.2) is 0 Å². The first-order valence-corrected chi connectivity index (χ1v) is 18.9. The van der Waals surface area contributed by atoms with E-state index in [4.69, 9.17) is 0 Å². The van der Waals surface area contributed by atoms with E-state index < -0.39 is 0 Å². The third kappa shape index (κ3) is 21.8. The lowest BCUT2D eigenvalue weighted by Crippen LogP contribution is -2.53. The summed E-state index contributed by atoms with van der Waals surface area (Å²) < 4.78 is 0. The molecular formula is C36H87N3O12. The highest BCUT2D eigenvalue weighted by Gasteiger charge is 2.31. The zero-order valence-electron chi connectivity index (χ0n) is 33.8. The number of hydrogen-bond donors (Lipinski definition) is 9. The smallest absolute Gasteiger partial charge is 0.0587 e. The first-order chi connectivity index (χ1) is 23.1. The van der Waals surface area contributed by atoms with Crippen LogP contribution in [0.3, 0.4) is 0 Å². The normalized spacial score (nSPS) is 16.4. The molecular weight excluding hydrogens is 666 g/mol. The van der Waals surface area contributed by atoms with Crippen LogP contribution in [0.1, 0.15) is 120 Å². The Morgan fingerprint density at radius 3 is 0.353 bits per heavy atom. The van der Waals surface area contributed by atoms with Crippen molar-refractivity contribution in [3.05, 3.63) is 0 Å². The molecule has 0 aromatic heterocycles. The van der Waals surface area contributed by atoms with Gasteiger partial charge in [0.25, 0.3) is 0 Å². The molecule has 0 saturated heterocycles. The third-order valence-electron chi connectivity index (χ3n) is 9.93. The van der Waals surface area contributed by atoms with E-state index in [0.717, 1.165) is 57.8 Å². The van der Waals surface area contributed by atoms with Crippen molar-refractivity contribution in [3.8, 4) is 0 Å². The Hall–Kier alpha value is -0.600. The molecule has 0 aliphatic rings. The van der Waals surface area contributed by atoms with Crippen LogP contribution in [0.5, 0.6) is 0 Å². The van der Waals surface area contributed by atoms with Crippen LogP contribution in [0.2, 0.25) is 0 Å². The summed E-state index contributed by atoms with van der Waals surface area (Å²) in [5.41, 5.74) is 0. The standard InChI is InChI=1S/3C12H27NO3.3H2O/c3*1-4-10(7-14)13(11(5-2)8-15)12(6-3)9-16;;;/h3*10-12,14-16H,4-9H2,1-3H3;3*1H2. The zero-order chi connectivity index (χ0) is 37.7. The number of rotatable bonds is 27. The average molecular weight is 754 g/mol. The maximum absolute atomic E-state index is 9.37. The van der Waals surface area contributed by atoms with Crippen LogP contribution in [-0.2, 0) is 0 Å². The van der Waals surface area contributed by atoms with Gasteiger partial charge < -0.3 is 62.4 Å². The molecule has 0 aliphatic heterocycles. The van der Waals surface area contributed by atoms with Crippen molar-refractivity contribution >= 4 is 0 Å². The minimum Gasteiger partial charge on any atom is -0.412 e.